The first-order chi connectivity index (χ1) is 14.9. The van der Waals surface area contributed by atoms with Crippen molar-refractivity contribution in [3.63, 3.8) is 0 Å². The van der Waals surface area contributed by atoms with Gasteiger partial charge in [0.25, 0.3) is 0 Å². The molecule has 4 rings (SSSR count). The molecule has 3 aromatic carbocycles. The van der Waals surface area contributed by atoms with Gasteiger partial charge in [-0.3, -0.25) is 0 Å². The molecule has 0 spiro atoms. The maximum absolute atomic E-state index is 6.21. The molecule has 4 aromatic rings. The van der Waals surface area contributed by atoms with Gasteiger partial charge in [0.1, 0.15) is 0 Å². The van der Waals surface area contributed by atoms with Gasteiger partial charge in [-0.2, -0.15) is 0 Å². The van der Waals surface area contributed by atoms with Crippen molar-refractivity contribution >= 4 is 52.5 Å². The third-order valence-corrected chi connectivity index (χ3v) is 4.20. The second-order valence-corrected chi connectivity index (χ2v) is 17.3. The number of hydrogen-bond donors (Lipinski definition) is 0. The number of hydrogen-bond acceptors (Lipinski definition) is 0. The zero-order chi connectivity index (χ0) is 22.1. The van der Waals surface area contributed by atoms with Crippen LogP contribution in [0.4, 0.5) is 0 Å². The summed E-state index contributed by atoms with van der Waals surface area (Å²) >= 11 is 0. The number of rotatable bonds is 4. The maximum atomic E-state index is 6.21. The van der Waals surface area contributed by atoms with Crippen molar-refractivity contribution in [3.05, 3.63) is 114 Å². The molecule has 31 heavy (non-hydrogen) atoms. The van der Waals surface area contributed by atoms with Crippen molar-refractivity contribution in [1.82, 2.24) is 0 Å². The fourth-order valence-corrected chi connectivity index (χ4v) is 2.86. The Hall–Kier alpha value is -1.77. The second-order valence-electron chi connectivity index (χ2n) is 6.40. The van der Waals surface area contributed by atoms with Crippen LogP contribution in [0.2, 0.25) is 0 Å². The van der Waals surface area contributed by atoms with Crippen molar-refractivity contribution in [2.24, 2.45) is 0 Å². The minimum absolute atomic E-state index is 0.861. The summed E-state index contributed by atoms with van der Waals surface area (Å²) in [5.41, 5.74) is 4.42. The first-order valence-electron chi connectivity index (χ1n) is 9.24. The monoisotopic (exact) mass is 531 g/mol. The van der Waals surface area contributed by atoms with Gasteiger partial charge in [0.05, 0.1) is 23.3 Å². The molecule has 0 saturated carbocycles. The molecule has 0 N–H and O–H groups in total. The Balaban J connectivity index is 0.000000491. The van der Waals surface area contributed by atoms with Crippen LogP contribution in [0, 0.1) is 0 Å². The predicted molar refractivity (Wildman–Crippen MR) is 133 cm³/mol. The standard InChI is InChI=1S/C25H19O.4ClH.Fe/c1-4-10-20(11-5-1)16-17-21-18-24(22-12-6-2-7-13-22)26-25(19-21)23-14-8-3-9-15-23;;;;;/h1-19H;4*1H;/q+1;;;;;+3/p-4/b17-16+;;;;;. The summed E-state index contributed by atoms with van der Waals surface area (Å²) in [6.45, 7) is 0. The van der Waals surface area contributed by atoms with Crippen LogP contribution in [-0.2, 0) is 9.20 Å². The van der Waals surface area contributed by atoms with Crippen LogP contribution in [0.25, 0.3) is 34.8 Å². The molecular formula is C25H19Cl4FeO. The molecule has 0 amide bonds. The first kappa shape index (κ1) is 23.9. The Morgan fingerprint density at radius 1 is 0.516 bits per heavy atom. The summed E-state index contributed by atoms with van der Waals surface area (Å²) in [6, 6.07) is 34.9. The second kappa shape index (κ2) is 11.7. The quantitative estimate of drug-likeness (QED) is 0.188. The van der Waals surface area contributed by atoms with Gasteiger partial charge in [-0.25, -0.2) is 4.42 Å². The van der Waals surface area contributed by atoms with Crippen molar-refractivity contribution in [2.45, 2.75) is 0 Å². The molecule has 0 aliphatic rings. The van der Waals surface area contributed by atoms with Gasteiger partial charge in [0.2, 0.25) is 0 Å². The van der Waals surface area contributed by atoms with Crippen molar-refractivity contribution in [2.75, 3.05) is 0 Å². The van der Waals surface area contributed by atoms with E-state index in [0.717, 1.165) is 28.2 Å². The Kier molecular flexibility index (Phi) is 9.04. The number of halogens is 4. The SMILES string of the molecule is C(=C\c1cc(-c2ccccc2)[o+]c(-c2ccccc2)c1)/c1ccccc1.[Cl][Fe-]([Cl])([Cl])[Cl]. The number of benzene rings is 3. The van der Waals surface area contributed by atoms with E-state index in [2.05, 4.69) is 60.7 Å². The molecule has 0 fully saturated rings. The van der Waals surface area contributed by atoms with Gasteiger partial charge in [-0.05, 0) is 35.4 Å². The van der Waals surface area contributed by atoms with Crippen LogP contribution in [0.15, 0.2) is 108 Å². The van der Waals surface area contributed by atoms with E-state index in [0.29, 0.717) is 0 Å². The van der Waals surface area contributed by atoms with Crippen LogP contribution in [0.5, 0.6) is 0 Å². The molecule has 0 unspecified atom stereocenters. The molecule has 0 aliphatic heterocycles. The molecule has 1 heterocycles. The summed E-state index contributed by atoms with van der Waals surface area (Å²) in [5, 5.41) is 0. The van der Waals surface area contributed by atoms with E-state index < -0.39 is 9.20 Å². The normalized spacial score (nSPS) is 11.6. The molecule has 0 atom stereocenters. The Bertz CT molecular complexity index is 1050. The zero-order valence-corrected chi connectivity index (χ0v) is 20.4. The average Bonchev–Trinajstić information content (AvgIpc) is 2.78. The van der Waals surface area contributed by atoms with Crippen LogP contribution in [-0.4, -0.2) is 0 Å². The van der Waals surface area contributed by atoms with Crippen LogP contribution < -0.4 is 0 Å². The Morgan fingerprint density at radius 2 is 0.871 bits per heavy atom. The molecule has 1 aromatic heterocycles. The van der Waals surface area contributed by atoms with Crippen molar-refractivity contribution < 1.29 is 13.6 Å². The zero-order valence-electron chi connectivity index (χ0n) is 16.2. The molecule has 0 aliphatic carbocycles. The summed E-state index contributed by atoms with van der Waals surface area (Å²) < 4.78 is 6.21. The van der Waals surface area contributed by atoms with Crippen LogP contribution in [0.3, 0.4) is 0 Å². The van der Waals surface area contributed by atoms with Crippen LogP contribution in [0.1, 0.15) is 11.1 Å². The molecule has 161 valence electrons. The van der Waals surface area contributed by atoms with E-state index in [1.165, 1.54) is 5.56 Å². The van der Waals surface area contributed by atoms with Crippen LogP contribution >= 0.6 is 40.4 Å². The minimum atomic E-state index is -2.61. The molecular weight excluding hydrogens is 514 g/mol. The first-order valence-corrected chi connectivity index (χ1v) is 15.3. The van der Waals surface area contributed by atoms with E-state index in [4.69, 9.17) is 44.8 Å². The summed E-state index contributed by atoms with van der Waals surface area (Å²) in [4.78, 5) is 0. The third kappa shape index (κ3) is 8.71. The van der Waals surface area contributed by atoms with E-state index in [-0.39, 0.29) is 0 Å². The molecule has 6 heteroatoms. The van der Waals surface area contributed by atoms with Gasteiger partial charge < -0.3 is 0 Å². The van der Waals surface area contributed by atoms with Gasteiger partial charge >= 0.3 is 61.1 Å². The van der Waals surface area contributed by atoms with E-state index in [9.17, 15) is 0 Å². The molecule has 0 radical (unpaired) electrons. The predicted octanol–water partition coefficient (Wildman–Crippen LogP) is 9.82. The fraction of sp³-hybridized carbons (Fsp3) is 0. The molecule has 0 saturated heterocycles. The summed E-state index contributed by atoms with van der Waals surface area (Å²) in [5.74, 6) is 1.72. The summed E-state index contributed by atoms with van der Waals surface area (Å²) in [7, 11) is 17.2. The van der Waals surface area contributed by atoms with E-state index >= 15 is 0 Å². The average molecular weight is 533 g/mol. The molecule has 0 bridgehead atoms. The topological polar surface area (TPSA) is 11.3 Å². The van der Waals surface area contributed by atoms with Gasteiger partial charge in [0.15, 0.2) is 0 Å². The summed E-state index contributed by atoms with van der Waals surface area (Å²) in [6.07, 6.45) is 4.25. The van der Waals surface area contributed by atoms with Crippen molar-refractivity contribution in [3.8, 4) is 22.6 Å². The molecule has 1 nitrogen and oxygen atoms in total. The van der Waals surface area contributed by atoms with Gasteiger partial charge in [-0.15, -0.1) is 0 Å². The van der Waals surface area contributed by atoms with Gasteiger partial charge in [-0.1, -0.05) is 78.9 Å². The fourth-order valence-electron chi connectivity index (χ4n) is 2.86. The van der Waals surface area contributed by atoms with E-state index in [1.54, 1.807) is 0 Å². The third-order valence-electron chi connectivity index (χ3n) is 4.20. The van der Waals surface area contributed by atoms with Crippen molar-refractivity contribution in [1.29, 1.82) is 0 Å². The Labute approximate surface area is 202 Å². The van der Waals surface area contributed by atoms with E-state index in [1.807, 2.05) is 54.6 Å². The van der Waals surface area contributed by atoms with Gasteiger partial charge in [0, 0.05) is 0 Å². The Morgan fingerprint density at radius 3 is 1.29 bits per heavy atom.